The second kappa shape index (κ2) is 14.1. The van der Waals surface area contributed by atoms with Gasteiger partial charge in [-0.2, -0.15) is 18.2 Å². The van der Waals surface area contributed by atoms with Gasteiger partial charge in [-0.1, -0.05) is 6.07 Å². The topological polar surface area (TPSA) is 140 Å². The fourth-order valence-electron chi connectivity index (χ4n) is 4.54. The van der Waals surface area contributed by atoms with E-state index in [2.05, 4.69) is 15.6 Å². The molecule has 2 atom stereocenters. The number of amides is 2. The first-order chi connectivity index (χ1) is 19.0. The van der Waals surface area contributed by atoms with Crippen LogP contribution in [0.3, 0.4) is 0 Å². The minimum Gasteiger partial charge on any atom is -0.483 e. The summed E-state index contributed by atoms with van der Waals surface area (Å²) in [5.41, 5.74) is 2.88. The number of carboxylic acid groups (broad SMARTS) is 1. The quantitative estimate of drug-likeness (QED) is 0.369. The van der Waals surface area contributed by atoms with Crippen molar-refractivity contribution in [3.05, 3.63) is 29.8 Å². The number of alkyl halides is 3. The van der Waals surface area contributed by atoms with E-state index in [0.29, 0.717) is 55.9 Å². The Balaban J connectivity index is 0.00000141. The number of carbonyl (C=O) groups is 2. The van der Waals surface area contributed by atoms with Crippen LogP contribution in [0.1, 0.15) is 25.3 Å². The average Bonchev–Trinajstić information content (AvgIpc) is 3.37. The lowest BCUT2D eigenvalue weighted by molar-refractivity contribution is -0.143. The van der Waals surface area contributed by atoms with E-state index in [1.54, 1.807) is 18.2 Å². The molecule has 2 amide bonds. The third-order valence-electron chi connectivity index (χ3n) is 6.53. The molecule has 0 radical (unpaired) electrons. The average molecular weight is 569 g/mol. The lowest BCUT2D eigenvalue weighted by atomic mass is 10.0. The fraction of sp³-hybridized carbons (Fsp3) is 0.538. The highest BCUT2D eigenvalue weighted by molar-refractivity contribution is 5.90. The van der Waals surface area contributed by atoms with Crippen molar-refractivity contribution in [2.24, 2.45) is 5.92 Å². The van der Waals surface area contributed by atoms with Crippen LogP contribution in [0.4, 0.5) is 35.4 Å². The number of aromatic nitrogens is 2. The molecule has 1 unspecified atom stereocenters. The summed E-state index contributed by atoms with van der Waals surface area (Å²) >= 11 is 0. The molecular weight excluding hydrogens is 533 g/mol. The zero-order valence-electron chi connectivity index (χ0n) is 22.4. The summed E-state index contributed by atoms with van der Waals surface area (Å²) in [6, 6.07) is 6.59. The van der Waals surface area contributed by atoms with Crippen molar-refractivity contribution < 1.29 is 37.7 Å². The fourth-order valence-corrected chi connectivity index (χ4v) is 4.54. The van der Waals surface area contributed by atoms with E-state index >= 15 is 0 Å². The summed E-state index contributed by atoms with van der Waals surface area (Å²) in [4.78, 5) is 34.0. The molecule has 2 fully saturated rings. The molecule has 220 valence electrons. The van der Waals surface area contributed by atoms with Crippen LogP contribution in [0.25, 0.3) is 11.3 Å². The van der Waals surface area contributed by atoms with Crippen LogP contribution in [-0.4, -0.2) is 95.8 Å². The Morgan fingerprint density at radius 2 is 1.93 bits per heavy atom. The van der Waals surface area contributed by atoms with Crippen LogP contribution < -0.4 is 15.5 Å². The monoisotopic (exact) mass is 568 g/mol. The number of nitrogens with one attached hydrogen (secondary N) is 2. The molecule has 0 spiro atoms. The van der Waals surface area contributed by atoms with Crippen LogP contribution >= 0.6 is 0 Å². The van der Waals surface area contributed by atoms with E-state index in [0.717, 1.165) is 11.1 Å². The summed E-state index contributed by atoms with van der Waals surface area (Å²) in [5, 5.41) is 22.4. The van der Waals surface area contributed by atoms with Gasteiger partial charge in [0.15, 0.2) is 0 Å². The van der Waals surface area contributed by atoms with Crippen LogP contribution in [0.2, 0.25) is 0 Å². The van der Waals surface area contributed by atoms with Crippen LogP contribution in [0.15, 0.2) is 24.3 Å². The van der Waals surface area contributed by atoms with Crippen LogP contribution in [0, 0.1) is 12.8 Å². The summed E-state index contributed by atoms with van der Waals surface area (Å²) in [5.74, 6) is 0.524. The van der Waals surface area contributed by atoms with E-state index in [-0.39, 0.29) is 32.2 Å². The van der Waals surface area contributed by atoms with E-state index < -0.39 is 24.5 Å². The number of hydrogen-bond acceptors (Lipinski definition) is 8. The summed E-state index contributed by atoms with van der Waals surface area (Å²) in [6.45, 7) is 6.28. The Hall–Kier alpha value is -3.65. The molecular formula is C26H35F3N6O5. The molecule has 0 saturated carbocycles. The maximum atomic E-state index is 12.8. The highest BCUT2D eigenvalue weighted by atomic mass is 19.4. The predicted molar refractivity (Wildman–Crippen MR) is 143 cm³/mol. The van der Waals surface area contributed by atoms with E-state index in [9.17, 15) is 23.1 Å². The van der Waals surface area contributed by atoms with Gasteiger partial charge in [0.1, 0.15) is 5.82 Å². The molecule has 11 nitrogen and oxygen atoms in total. The maximum absolute atomic E-state index is 12.8. The van der Waals surface area contributed by atoms with Gasteiger partial charge in [-0.05, 0) is 43.9 Å². The number of anilines is 3. The molecule has 0 bridgehead atoms. The minimum atomic E-state index is -4.23. The third kappa shape index (κ3) is 8.95. The number of aliphatic hydroxyl groups is 1. The molecule has 4 N–H and O–H groups in total. The van der Waals surface area contributed by atoms with Gasteiger partial charge < -0.3 is 35.4 Å². The largest absolute Gasteiger partial charge is 0.483 e. The zero-order valence-corrected chi connectivity index (χ0v) is 22.4. The molecule has 2 aliphatic heterocycles. The number of aliphatic hydroxyl groups excluding tert-OH is 1. The van der Waals surface area contributed by atoms with Gasteiger partial charge in [0.2, 0.25) is 5.95 Å². The maximum Gasteiger partial charge on any atom is 0.389 e. The third-order valence-corrected chi connectivity index (χ3v) is 6.53. The van der Waals surface area contributed by atoms with Crippen molar-refractivity contribution in [2.45, 2.75) is 38.9 Å². The number of aryl methyl sites for hydroxylation is 1. The molecule has 4 rings (SSSR count). The molecule has 2 aromatic rings. The first-order valence-electron chi connectivity index (χ1n) is 12.9. The molecule has 1 aromatic heterocycles. The first-order valence-corrected chi connectivity index (χ1v) is 12.9. The van der Waals surface area contributed by atoms with Crippen molar-refractivity contribution in [3.8, 4) is 11.3 Å². The lowest BCUT2D eigenvalue weighted by Crippen LogP contribution is -2.37. The number of urea groups is 1. The number of ether oxygens (including phenoxy) is 1. The number of likely N-dealkylation sites (tertiary alicyclic amines) is 1. The molecule has 1 aromatic carbocycles. The van der Waals surface area contributed by atoms with Gasteiger partial charge >= 0.3 is 12.2 Å². The number of hydrogen-bond donors (Lipinski definition) is 4. The molecule has 0 aliphatic carbocycles. The molecule has 3 heterocycles. The Bertz CT molecular complexity index is 1150. The van der Waals surface area contributed by atoms with Crippen molar-refractivity contribution in [1.82, 2.24) is 14.9 Å². The number of benzene rings is 1. The van der Waals surface area contributed by atoms with Crippen molar-refractivity contribution in [3.63, 3.8) is 0 Å². The van der Waals surface area contributed by atoms with Gasteiger partial charge in [-0.3, -0.25) is 4.79 Å². The van der Waals surface area contributed by atoms with E-state index in [4.69, 9.17) is 19.6 Å². The standard InChI is InChI=1S/C25H33F3N6O3.CH2O2/c1-16-3-4-19(30-24(36)34-6-5-18(14-34)13-25(26,27)28)11-20(16)21-12-22(29-17(2)15-35)32-23(31-21)33-7-9-37-10-8-33;2-1-3/h3-4,11-12,17-18,35H,5-10,13-15H2,1-2H3,(H,30,36)(H,29,31,32);1H,(H,2,3)/t17?,18-;/m0./s1. The number of nitrogens with zero attached hydrogens (tertiary/aromatic N) is 4. The second-order valence-electron chi connectivity index (χ2n) is 9.75. The Morgan fingerprint density at radius 3 is 2.58 bits per heavy atom. The molecule has 2 aliphatic rings. The molecule has 14 heteroatoms. The van der Waals surface area contributed by atoms with Gasteiger partial charge in [0, 0.05) is 56.0 Å². The highest BCUT2D eigenvalue weighted by Crippen LogP contribution is 2.32. The van der Waals surface area contributed by atoms with Gasteiger partial charge in [0.05, 0.1) is 25.5 Å². The van der Waals surface area contributed by atoms with E-state index in [1.165, 1.54) is 4.90 Å². The normalized spacial score (nSPS) is 18.0. The highest BCUT2D eigenvalue weighted by Gasteiger charge is 2.36. The predicted octanol–water partition coefficient (Wildman–Crippen LogP) is 3.59. The summed E-state index contributed by atoms with van der Waals surface area (Å²) in [6.07, 6.45) is -4.78. The van der Waals surface area contributed by atoms with Crippen LogP contribution in [0.5, 0.6) is 0 Å². The number of rotatable bonds is 7. The molecule has 40 heavy (non-hydrogen) atoms. The number of morpholine rings is 1. The number of halogens is 3. The Labute approximate surface area is 230 Å². The lowest BCUT2D eigenvalue weighted by Gasteiger charge is -2.27. The first kappa shape index (κ1) is 30.9. The Kier molecular flexibility index (Phi) is 10.9. The van der Waals surface area contributed by atoms with Crippen molar-refractivity contribution >= 4 is 30.0 Å². The molecule has 2 saturated heterocycles. The Morgan fingerprint density at radius 1 is 1.23 bits per heavy atom. The van der Waals surface area contributed by atoms with Crippen molar-refractivity contribution in [2.75, 3.05) is 61.5 Å². The van der Waals surface area contributed by atoms with Gasteiger partial charge in [-0.25, -0.2) is 9.78 Å². The van der Waals surface area contributed by atoms with Crippen LogP contribution in [-0.2, 0) is 9.53 Å². The SMILES string of the molecule is Cc1ccc(NC(=O)N2CC[C@@H](CC(F)(F)F)C2)cc1-c1cc(NC(C)CO)nc(N2CCOCC2)n1.O=CO. The van der Waals surface area contributed by atoms with Crippen molar-refractivity contribution in [1.29, 1.82) is 0 Å². The number of carbonyl (C=O) groups excluding carboxylic acids is 1. The van der Waals surface area contributed by atoms with E-state index in [1.807, 2.05) is 24.8 Å². The summed E-state index contributed by atoms with van der Waals surface area (Å²) < 4.78 is 43.7. The second-order valence-corrected chi connectivity index (χ2v) is 9.75. The van der Waals surface area contributed by atoms with Gasteiger partial charge in [-0.15, -0.1) is 0 Å². The summed E-state index contributed by atoms with van der Waals surface area (Å²) in [7, 11) is 0. The smallest absolute Gasteiger partial charge is 0.389 e. The minimum absolute atomic E-state index is 0.0624. The zero-order chi connectivity index (χ0) is 29.3. The van der Waals surface area contributed by atoms with Gasteiger partial charge in [0.25, 0.3) is 6.47 Å².